The predicted octanol–water partition coefficient (Wildman–Crippen LogP) is 1.37. The fraction of sp³-hybridized carbons (Fsp3) is 0.500. The predicted molar refractivity (Wildman–Crippen MR) is 62.3 cm³/mol. The molecule has 0 saturated carbocycles. The molecule has 0 aromatic carbocycles. The van der Waals surface area contributed by atoms with Crippen molar-refractivity contribution in [2.75, 3.05) is 6.54 Å². The molecule has 1 aliphatic heterocycles. The number of fused-ring (bicyclic) bond motifs is 1. The summed E-state index contributed by atoms with van der Waals surface area (Å²) in [6, 6.07) is 0.273. The van der Waals surface area contributed by atoms with Crippen LogP contribution in [0.4, 0.5) is 0 Å². The number of aromatic nitrogens is 4. The molecule has 0 unspecified atom stereocenters. The maximum Gasteiger partial charge on any atom is 0.183 e. The Balaban J connectivity index is 2.09. The molecule has 1 N–H and O–H groups in total. The van der Waals surface area contributed by atoms with Crippen LogP contribution in [0.2, 0.25) is 0 Å². The molecule has 0 amide bonds. The molecule has 5 nitrogen and oxygen atoms in total. The summed E-state index contributed by atoms with van der Waals surface area (Å²) in [6.45, 7) is 5.99. The minimum absolute atomic E-state index is 0.273. The molecule has 0 fully saturated rings. The molecule has 16 heavy (non-hydrogen) atoms. The van der Waals surface area contributed by atoms with Crippen LogP contribution in [-0.2, 0) is 6.54 Å². The largest absolute Gasteiger partial charge is 0.307 e. The van der Waals surface area contributed by atoms with Gasteiger partial charge in [-0.15, -0.1) is 21.5 Å². The maximum absolute atomic E-state index is 4.46. The van der Waals surface area contributed by atoms with Crippen LogP contribution in [0.3, 0.4) is 0 Å². The first kappa shape index (κ1) is 9.92. The van der Waals surface area contributed by atoms with Crippen molar-refractivity contribution in [1.29, 1.82) is 0 Å². The average Bonchev–Trinajstić information content (AvgIpc) is 2.84. The first-order valence-corrected chi connectivity index (χ1v) is 6.22. The topological polar surface area (TPSA) is 55.6 Å². The summed E-state index contributed by atoms with van der Waals surface area (Å²) in [6.07, 6.45) is 0. The van der Waals surface area contributed by atoms with Gasteiger partial charge in [-0.1, -0.05) is 0 Å². The lowest BCUT2D eigenvalue weighted by molar-refractivity contribution is 0.439. The third-order valence-corrected chi connectivity index (χ3v) is 3.57. The molecule has 2 aromatic heterocycles. The summed E-state index contributed by atoms with van der Waals surface area (Å²) in [5.41, 5.74) is 0.940. The fourth-order valence-corrected chi connectivity index (χ4v) is 2.59. The van der Waals surface area contributed by atoms with E-state index >= 15 is 0 Å². The summed E-state index contributed by atoms with van der Waals surface area (Å²) in [7, 11) is 0. The second-order valence-corrected chi connectivity index (χ2v) is 5.02. The van der Waals surface area contributed by atoms with E-state index in [4.69, 9.17) is 0 Å². The van der Waals surface area contributed by atoms with Gasteiger partial charge in [0.25, 0.3) is 0 Å². The second-order valence-electron chi connectivity index (χ2n) is 3.96. The SMILES string of the molecule is Cc1nc(-c2nnc3n2CCN[C@@H]3C)cs1. The molecular weight excluding hydrogens is 222 g/mol. The van der Waals surface area contributed by atoms with Gasteiger partial charge in [0.2, 0.25) is 0 Å². The quantitative estimate of drug-likeness (QED) is 0.811. The molecule has 0 saturated heterocycles. The summed E-state index contributed by atoms with van der Waals surface area (Å²) in [5, 5.41) is 15.0. The van der Waals surface area contributed by atoms with Gasteiger partial charge in [0.1, 0.15) is 11.5 Å². The van der Waals surface area contributed by atoms with Crippen LogP contribution < -0.4 is 5.32 Å². The maximum atomic E-state index is 4.46. The Kier molecular flexibility index (Phi) is 2.26. The lowest BCUT2D eigenvalue weighted by Gasteiger charge is -2.21. The van der Waals surface area contributed by atoms with Crippen molar-refractivity contribution in [2.45, 2.75) is 26.4 Å². The number of hydrogen-bond acceptors (Lipinski definition) is 5. The van der Waals surface area contributed by atoms with Crippen molar-refractivity contribution in [3.63, 3.8) is 0 Å². The Hall–Kier alpha value is -1.27. The van der Waals surface area contributed by atoms with E-state index in [2.05, 4.69) is 32.0 Å². The first-order chi connectivity index (χ1) is 7.75. The van der Waals surface area contributed by atoms with Crippen LogP contribution >= 0.6 is 11.3 Å². The Morgan fingerprint density at radius 2 is 2.38 bits per heavy atom. The molecule has 0 radical (unpaired) electrons. The van der Waals surface area contributed by atoms with Crippen LogP contribution in [0.1, 0.15) is 23.8 Å². The van der Waals surface area contributed by atoms with E-state index in [9.17, 15) is 0 Å². The van der Waals surface area contributed by atoms with E-state index in [0.717, 1.165) is 35.4 Å². The van der Waals surface area contributed by atoms with E-state index in [-0.39, 0.29) is 6.04 Å². The number of aryl methyl sites for hydroxylation is 1. The number of nitrogens with one attached hydrogen (secondary N) is 1. The van der Waals surface area contributed by atoms with Crippen LogP contribution in [0.25, 0.3) is 11.5 Å². The lowest BCUT2D eigenvalue weighted by atomic mass is 10.2. The third-order valence-electron chi connectivity index (χ3n) is 2.80. The number of rotatable bonds is 1. The highest BCUT2D eigenvalue weighted by atomic mass is 32.1. The Bertz CT molecular complexity index is 515. The highest BCUT2D eigenvalue weighted by Crippen LogP contribution is 2.24. The van der Waals surface area contributed by atoms with Crippen molar-refractivity contribution in [1.82, 2.24) is 25.1 Å². The molecule has 0 spiro atoms. The van der Waals surface area contributed by atoms with Gasteiger partial charge in [-0.25, -0.2) is 4.98 Å². The van der Waals surface area contributed by atoms with Crippen molar-refractivity contribution in [2.24, 2.45) is 0 Å². The molecule has 1 atom stereocenters. The van der Waals surface area contributed by atoms with Crippen LogP contribution in [0.15, 0.2) is 5.38 Å². The minimum Gasteiger partial charge on any atom is -0.307 e. The highest BCUT2D eigenvalue weighted by molar-refractivity contribution is 7.09. The Morgan fingerprint density at radius 3 is 3.12 bits per heavy atom. The van der Waals surface area contributed by atoms with Gasteiger partial charge < -0.3 is 9.88 Å². The second kappa shape index (κ2) is 3.64. The third kappa shape index (κ3) is 1.45. The molecule has 1 aliphatic rings. The van der Waals surface area contributed by atoms with Gasteiger partial charge in [0, 0.05) is 18.5 Å². The van der Waals surface area contributed by atoms with Gasteiger partial charge >= 0.3 is 0 Å². The first-order valence-electron chi connectivity index (χ1n) is 5.34. The molecule has 0 aliphatic carbocycles. The zero-order chi connectivity index (χ0) is 11.1. The van der Waals surface area contributed by atoms with E-state index in [1.165, 1.54) is 0 Å². The molecular formula is C10H13N5S. The van der Waals surface area contributed by atoms with Gasteiger partial charge in [-0.2, -0.15) is 0 Å². The molecule has 6 heteroatoms. The van der Waals surface area contributed by atoms with Crippen LogP contribution in [0.5, 0.6) is 0 Å². The van der Waals surface area contributed by atoms with Crippen LogP contribution in [0, 0.1) is 6.92 Å². The van der Waals surface area contributed by atoms with Crippen LogP contribution in [-0.4, -0.2) is 26.3 Å². The molecule has 3 rings (SSSR count). The number of nitrogens with zero attached hydrogens (tertiary/aromatic N) is 4. The summed E-state index contributed by atoms with van der Waals surface area (Å²) < 4.78 is 2.16. The lowest BCUT2D eigenvalue weighted by Crippen LogP contribution is -2.32. The molecule has 2 aromatic rings. The number of hydrogen-bond donors (Lipinski definition) is 1. The molecule has 3 heterocycles. The van der Waals surface area contributed by atoms with Crippen molar-refractivity contribution in [3.8, 4) is 11.5 Å². The normalized spacial score (nSPS) is 19.8. The van der Waals surface area contributed by atoms with Gasteiger partial charge in [0.05, 0.1) is 11.0 Å². The fourth-order valence-electron chi connectivity index (χ4n) is 2.00. The van der Waals surface area contributed by atoms with Gasteiger partial charge in [-0.05, 0) is 13.8 Å². The Labute approximate surface area is 97.5 Å². The van der Waals surface area contributed by atoms with Gasteiger partial charge in [0.15, 0.2) is 5.82 Å². The van der Waals surface area contributed by atoms with E-state index in [0.29, 0.717) is 0 Å². The number of thiazole rings is 1. The average molecular weight is 235 g/mol. The smallest absolute Gasteiger partial charge is 0.183 e. The minimum atomic E-state index is 0.273. The molecule has 0 bridgehead atoms. The summed E-state index contributed by atoms with van der Waals surface area (Å²) >= 11 is 1.65. The van der Waals surface area contributed by atoms with Crippen molar-refractivity contribution in [3.05, 3.63) is 16.2 Å². The zero-order valence-corrected chi connectivity index (χ0v) is 10.1. The monoisotopic (exact) mass is 235 g/mol. The van der Waals surface area contributed by atoms with E-state index < -0.39 is 0 Å². The van der Waals surface area contributed by atoms with E-state index in [1.807, 2.05) is 12.3 Å². The van der Waals surface area contributed by atoms with Crippen molar-refractivity contribution >= 4 is 11.3 Å². The van der Waals surface area contributed by atoms with Crippen molar-refractivity contribution < 1.29 is 0 Å². The summed E-state index contributed by atoms with van der Waals surface area (Å²) in [5.74, 6) is 1.90. The molecule has 84 valence electrons. The summed E-state index contributed by atoms with van der Waals surface area (Å²) in [4.78, 5) is 4.46. The highest BCUT2D eigenvalue weighted by Gasteiger charge is 2.22. The van der Waals surface area contributed by atoms with Gasteiger partial charge in [-0.3, -0.25) is 0 Å². The standard InChI is InChI=1S/C10H13N5S/c1-6-9-13-14-10(15(9)4-3-11-6)8-5-16-7(2)12-8/h5-6,11H,3-4H2,1-2H3/t6-/m1/s1. The van der Waals surface area contributed by atoms with E-state index in [1.54, 1.807) is 11.3 Å². The Morgan fingerprint density at radius 1 is 1.50 bits per heavy atom. The zero-order valence-electron chi connectivity index (χ0n) is 9.27.